The van der Waals surface area contributed by atoms with Crippen LogP contribution in [0.15, 0.2) is 118 Å². The van der Waals surface area contributed by atoms with Gasteiger partial charge in [0.2, 0.25) is 0 Å². The van der Waals surface area contributed by atoms with Crippen molar-refractivity contribution < 1.29 is 0 Å². The Morgan fingerprint density at radius 3 is 1.81 bits per heavy atom. The number of benzene rings is 7. The van der Waals surface area contributed by atoms with Gasteiger partial charge in [-0.1, -0.05) is 111 Å². The van der Waals surface area contributed by atoms with Gasteiger partial charge in [0.05, 0.1) is 5.41 Å². The van der Waals surface area contributed by atoms with Crippen molar-refractivity contribution in [3.8, 4) is 22.3 Å². The average molecular weight is 598 g/mol. The van der Waals surface area contributed by atoms with E-state index in [-0.39, 0.29) is 5.41 Å². The summed E-state index contributed by atoms with van der Waals surface area (Å²) in [6, 6.07) is 41.1. The monoisotopic (exact) mass is 596 g/mol. The number of hydrogen-bond donors (Lipinski definition) is 0. The average Bonchev–Trinajstić information content (AvgIpc) is 3.37. The summed E-state index contributed by atoms with van der Waals surface area (Å²) < 4.78 is 2.22. The molecule has 0 fully saturated rings. The fourth-order valence-electron chi connectivity index (χ4n) is 7.42. The second-order valence-electron chi connectivity index (χ2n) is 10.3. The lowest BCUT2D eigenvalue weighted by Gasteiger charge is -2.31. The van der Waals surface area contributed by atoms with Gasteiger partial charge in [-0.05, 0) is 107 Å². The summed E-state index contributed by atoms with van der Waals surface area (Å²) in [5.41, 5.74) is 10.5. The molecule has 2 aliphatic carbocycles. The zero-order valence-corrected chi connectivity index (χ0v) is 22.8. The lowest BCUT2D eigenvalue weighted by Crippen LogP contribution is -2.26. The second kappa shape index (κ2) is 6.89. The first-order chi connectivity index (χ1) is 18.2. The van der Waals surface area contributed by atoms with Crippen molar-refractivity contribution in [1.29, 1.82) is 0 Å². The van der Waals surface area contributed by atoms with E-state index < -0.39 is 0 Å². The Bertz CT molecular complexity index is 2050. The van der Waals surface area contributed by atoms with E-state index in [0.717, 1.165) is 8.95 Å². The molecule has 0 unspecified atom stereocenters. The molecule has 2 aliphatic rings. The Balaban J connectivity index is 1.56. The fraction of sp³-hybridized carbons (Fsp3) is 0.0286. The van der Waals surface area contributed by atoms with E-state index in [9.17, 15) is 0 Å². The summed E-state index contributed by atoms with van der Waals surface area (Å²) in [6.45, 7) is 0. The smallest absolute Gasteiger partial charge is 0.0619 e. The van der Waals surface area contributed by atoms with Crippen molar-refractivity contribution in [2.45, 2.75) is 5.41 Å². The summed E-state index contributed by atoms with van der Waals surface area (Å²) in [7, 11) is 0. The standard InChI is InChI=1S/C35H18Br2/c36-22-11-14-24-25-15-12-23(37)18-30(25)35(29(24)17-22)28-7-2-1-6-26(28)34-27-13-10-20-5-3-4-19-8-9-21(16-31(34)35)33(27)32(19)20/h1-18H. The van der Waals surface area contributed by atoms with E-state index in [1.807, 2.05) is 0 Å². The maximum Gasteiger partial charge on any atom is 0.0726 e. The summed E-state index contributed by atoms with van der Waals surface area (Å²) in [5, 5.41) is 8.02. The Kier molecular flexibility index (Phi) is 3.83. The molecule has 0 aliphatic heterocycles. The van der Waals surface area contributed by atoms with Crippen molar-refractivity contribution >= 4 is 64.2 Å². The highest BCUT2D eigenvalue weighted by atomic mass is 79.9. The van der Waals surface area contributed by atoms with Crippen molar-refractivity contribution in [2.24, 2.45) is 0 Å². The summed E-state index contributed by atoms with van der Waals surface area (Å²) in [5.74, 6) is 0. The predicted molar refractivity (Wildman–Crippen MR) is 162 cm³/mol. The van der Waals surface area contributed by atoms with Crippen LogP contribution in [-0.2, 0) is 5.41 Å². The molecule has 0 N–H and O–H groups in total. The first kappa shape index (κ1) is 20.6. The summed E-state index contributed by atoms with van der Waals surface area (Å²) in [6.07, 6.45) is 0. The quantitative estimate of drug-likeness (QED) is 0.152. The Labute approximate surface area is 231 Å². The van der Waals surface area contributed by atoms with Crippen LogP contribution in [0.1, 0.15) is 22.3 Å². The van der Waals surface area contributed by atoms with Crippen molar-refractivity contribution in [3.05, 3.63) is 140 Å². The van der Waals surface area contributed by atoms with Crippen LogP contribution in [0, 0.1) is 0 Å². The van der Waals surface area contributed by atoms with Gasteiger partial charge in [0.1, 0.15) is 0 Å². The van der Waals surface area contributed by atoms with E-state index in [2.05, 4.69) is 141 Å². The molecular formula is C35H18Br2. The van der Waals surface area contributed by atoms with E-state index in [4.69, 9.17) is 0 Å². The van der Waals surface area contributed by atoms with Gasteiger partial charge in [-0.25, -0.2) is 0 Å². The predicted octanol–water partition coefficient (Wildman–Crippen LogP) is 10.5. The molecule has 9 rings (SSSR count). The molecule has 0 saturated carbocycles. The first-order valence-corrected chi connectivity index (χ1v) is 14.2. The molecule has 37 heavy (non-hydrogen) atoms. The number of fused-ring (bicyclic) bond motifs is 11. The van der Waals surface area contributed by atoms with Crippen LogP contribution >= 0.6 is 31.9 Å². The molecule has 1 spiro atoms. The lowest BCUT2D eigenvalue weighted by molar-refractivity contribution is 0.794. The van der Waals surface area contributed by atoms with E-state index >= 15 is 0 Å². The maximum atomic E-state index is 3.82. The molecule has 2 heteroatoms. The number of halogens is 2. The largest absolute Gasteiger partial charge is 0.0726 e. The van der Waals surface area contributed by atoms with Gasteiger partial charge in [0.25, 0.3) is 0 Å². The van der Waals surface area contributed by atoms with Gasteiger partial charge < -0.3 is 0 Å². The zero-order valence-electron chi connectivity index (χ0n) is 19.6. The Morgan fingerprint density at radius 1 is 0.432 bits per heavy atom. The van der Waals surface area contributed by atoms with Crippen molar-refractivity contribution in [3.63, 3.8) is 0 Å². The normalized spacial score (nSPS) is 14.4. The third-order valence-corrected chi connectivity index (χ3v) is 9.70. The van der Waals surface area contributed by atoms with Crippen LogP contribution in [0.2, 0.25) is 0 Å². The van der Waals surface area contributed by atoms with Crippen LogP contribution in [0.4, 0.5) is 0 Å². The van der Waals surface area contributed by atoms with E-state index in [1.165, 1.54) is 76.8 Å². The van der Waals surface area contributed by atoms with Gasteiger partial charge in [0.15, 0.2) is 0 Å². The van der Waals surface area contributed by atoms with Gasteiger partial charge in [-0.2, -0.15) is 0 Å². The van der Waals surface area contributed by atoms with Gasteiger partial charge in [0, 0.05) is 8.95 Å². The summed E-state index contributed by atoms with van der Waals surface area (Å²) >= 11 is 7.63. The minimum Gasteiger partial charge on any atom is -0.0619 e. The van der Waals surface area contributed by atoms with E-state index in [0.29, 0.717) is 0 Å². The molecule has 0 radical (unpaired) electrons. The van der Waals surface area contributed by atoms with Crippen molar-refractivity contribution in [2.75, 3.05) is 0 Å². The molecule has 0 nitrogen and oxygen atoms in total. The van der Waals surface area contributed by atoms with Crippen LogP contribution < -0.4 is 0 Å². The molecule has 7 aromatic carbocycles. The SMILES string of the molecule is Brc1ccc2c(c1)C1(c3cc(Br)ccc3-2)c2ccccc2-c2c1cc1ccc3cccc4ccc2c1c34. The molecule has 0 saturated heterocycles. The van der Waals surface area contributed by atoms with Crippen molar-refractivity contribution in [1.82, 2.24) is 0 Å². The molecule has 0 atom stereocenters. The van der Waals surface area contributed by atoms with Gasteiger partial charge in [-0.15, -0.1) is 0 Å². The first-order valence-electron chi connectivity index (χ1n) is 12.6. The molecule has 0 heterocycles. The molecule has 7 aromatic rings. The molecular weight excluding hydrogens is 580 g/mol. The van der Waals surface area contributed by atoms with Crippen LogP contribution in [0.25, 0.3) is 54.6 Å². The Morgan fingerprint density at radius 2 is 1.08 bits per heavy atom. The molecule has 172 valence electrons. The molecule has 0 bridgehead atoms. The second-order valence-corrected chi connectivity index (χ2v) is 12.2. The van der Waals surface area contributed by atoms with Crippen LogP contribution in [0.5, 0.6) is 0 Å². The molecule has 0 amide bonds. The highest BCUT2D eigenvalue weighted by molar-refractivity contribution is 9.10. The Hall–Kier alpha value is -3.46. The zero-order chi connectivity index (χ0) is 24.5. The van der Waals surface area contributed by atoms with Crippen LogP contribution in [-0.4, -0.2) is 0 Å². The maximum absolute atomic E-state index is 3.82. The lowest BCUT2D eigenvalue weighted by atomic mass is 9.70. The highest BCUT2D eigenvalue weighted by Gasteiger charge is 2.52. The van der Waals surface area contributed by atoms with Gasteiger partial charge in [-0.3, -0.25) is 0 Å². The molecule has 0 aromatic heterocycles. The minimum absolute atomic E-state index is 0.366. The van der Waals surface area contributed by atoms with Crippen LogP contribution in [0.3, 0.4) is 0 Å². The highest BCUT2D eigenvalue weighted by Crippen LogP contribution is 2.64. The number of hydrogen-bond acceptors (Lipinski definition) is 0. The minimum atomic E-state index is -0.366. The number of rotatable bonds is 0. The summed E-state index contributed by atoms with van der Waals surface area (Å²) in [4.78, 5) is 0. The third-order valence-electron chi connectivity index (χ3n) is 8.71. The fourth-order valence-corrected chi connectivity index (χ4v) is 8.14. The van der Waals surface area contributed by atoms with E-state index in [1.54, 1.807) is 0 Å². The third kappa shape index (κ3) is 2.35. The topological polar surface area (TPSA) is 0 Å². The van der Waals surface area contributed by atoms with Gasteiger partial charge >= 0.3 is 0 Å².